The Hall–Kier alpha value is -2.15. The van der Waals surface area contributed by atoms with Crippen LogP contribution in [0.4, 0.5) is 8.78 Å². The van der Waals surface area contributed by atoms with Gasteiger partial charge in [-0.3, -0.25) is 4.57 Å². The lowest BCUT2D eigenvalue weighted by atomic mass is 10.1. The van der Waals surface area contributed by atoms with E-state index in [2.05, 4.69) is 4.98 Å². The molecule has 21 heavy (non-hydrogen) atoms. The number of nitrogens with two attached hydrogens (primary N) is 1. The number of imidazole rings is 1. The Morgan fingerprint density at radius 2 is 2.14 bits per heavy atom. The molecule has 7 heteroatoms. The monoisotopic (exact) mass is 297 g/mol. The van der Waals surface area contributed by atoms with E-state index in [-0.39, 0.29) is 18.5 Å². The maximum atomic E-state index is 12.7. The van der Waals surface area contributed by atoms with Crippen molar-refractivity contribution in [3.63, 3.8) is 0 Å². The second kappa shape index (κ2) is 6.53. The summed E-state index contributed by atoms with van der Waals surface area (Å²) < 4.78 is 37.0. The van der Waals surface area contributed by atoms with Crippen molar-refractivity contribution in [3.8, 4) is 11.5 Å². The molecule has 0 spiro atoms. The van der Waals surface area contributed by atoms with Crippen molar-refractivity contribution in [3.05, 3.63) is 42.0 Å². The van der Waals surface area contributed by atoms with Crippen LogP contribution in [0.15, 0.2) is 30.6 Å². The largest absolute Gasteiger partial charge is 0.497 e. The predicted molar refractivity (Wildman–Crippen MR) is 73.4 cm³/mol. The zero-order chi connectivity index (χ0) is 15.4. The summed E-state index contributed by atoms with van der Waals surface area (Å²) in [5.74, 6) is 1.24. The Kier molecular flexibility index (Phi) is 4.74. The maximum Gasteiger partial charge on any atom is 0.320 e. The third kappa shape index (κ3) is 3.49. The normalized spacial score (nSPS) is 12.5. The first kappa shape index (κ1) is 15.2. The second-order valence-corrected chi connectivity index (χ2v) is 4.51. The molecule has 0 radical (unpaired) electrons. The minimum atomic E-state index is -2.65. The van der Waals surface area contributed by atoms with Crippen molar-refractivity contribution in [2.24, 2.45) is 5.73 Å². The van der Waals surface area contributed by atoms with Gasteiger partial charge in [0.05, 0.1) is 7.11 Å². The minimum absolute atomic E-state index is 0.0791. The third-order valence-electron chi connectivity index (χ3n) is 3.03. The number of methoxy groups -OCH3 is 1. The van der Waals surface area contributed by atoms with E-state index in [4.69, 9.17) is 15.2 Å². The molecule has 0 aliphatic rings. The van der Waals surface area contributed by atoms with Crippen LogP contribution < -0.4 is 15.2 Å². The van der Waals surface area contributed by atoms with Gasteiger partial charge in [-0.25, -0.2) is 4.98 Å². The van der Waals surface area contributed by atoms with Crippen LogP contribution in [0, 0.1) is 0 Å². The molecule has 1 aromatic heterocycles. The van der Waals surface area contributed by atoms with Gasteiger partial charge < -0.3 is 15.2 Å². The van der Waals surface area contributed by atoms with Crippen LogP contribution >= 0.6 is 0 Å². The number of hydrogen-bond acceptors (Lipinski definition) is 4. The van der Waals surface area contributed by atoms with Gasteiger partial charge in [-0.1, -0.05) is 6.07 Å². The number of alkyl halides is 2. The Labute approximate surface area is 121 Å². The fourth-order valence-electron chi connectivity index (χ4n) is 1.92. The molecular weight excluding hydrogens is 280 g/mol. The van der Waals surface area contributed by atoms with E-state index >= 15 is 0 Å². The average molecular weight is 297 g/mol. The molecule has 0 amide bonds. The summed E-state index contributed by atoms with van der Waals surface area (Å²) in [5, 5.41) is 0. The quantitative estimate of drug-likeness (QED) is 0.890. The van der Waals surface area contributed by atoms with Crippen LogP contribution in [0.25, 0.3) is 0 Å². The number of rotatable bonds is 6. The van der Waals surface area contributed by atoms with E-state index in [1.165, 1.54) is 19.5 Å². The molecule has 5 nitrogen and oxygen atoms in total. The van der Waals surface area contributed by atoms with E-state index in [1.54, 1.807) is 18.2 Å². The van der Waals surface area contributed by atoms with Gasteiger partial charge in [0.2, 0.25) is 0 Å². The molecule has 0 saturated heterocycles. The summed E-state index contributed by atoms with van der Waals surface area (Å²) in [4.78, 5) is 3.87. The molecule has 2 rings (SSSR count). The number of benzene rings is 1. The van der Waals surface area contributed by atoms with Gasteiger partial charge in [0.25, 0.3) is 0 Å². The zero-order valence-electron chi connectivity index (χ0n) is 11.8. The van der Waals surface area contributed by atoms with Crippen molar-refractivity contribution in [1.82, 2.24) is 9.55 Å². The third-order valence-corrected chi connectivity index (χ3v) is 3.03. The predicted octanol–water partition coefficient (Wildman–Crippen LogP) is 2.89. The Balaban J connectivity index is 2.20. The van der Waals surface area contributed by atoms with E-state index in [9.17, 15) is 8.78 Å². The summed E-state index contributed by atoms with van der Waals surface area (Å²) in [5.41, 5.74) is 6.64. The molecule has 114 valence electrons. The number of aromatic nitrogens is 2. The van der Waals surface area contributed by atoms with Crippen LogP contribution in [-0.4, -0.2) is 16.7 Å². The topological polar surface area (TPSA) is 62.3 Å². The molecule has 0 aliphatic carbocycles. The highest BCUT2D eigenvalue weighted by molar-refractivity contribution is 5.42. The molecule has 1 atom stereocenters. The van der Waals surface area contributed by atoms with Gasteiger partial charge in [0, 0.05) is 30.1 Å². The summed E-state index contributed by atoms with van der Waals surface area (Å²) in [7, 11) is 1.54. The molecule has 1 aromatic carbocycles. The SMILES string of the molecule is COc1ccc([C@@H](C)N)c(OCc2nccn2C(F)F)c1. The standard InChI is InChI=1S/C14H17F2N3O2/c1-9(17)11-4-3-10(20-2)7-12(11)21-8-13-18-5-6-19(13)14(15)16/h3-7,9,14H,8,17H2,1-2H3/t9-/m1/s1. The summed E-state index contributed by atoms with van der Waals surface area (Å²) in [6.45, 7) is -0.914. The summed E-state index contributed by atoms with van der Waals surface area (Å²) in [6, 6.07) is 4.99. The van der Waals surface area contributed by atoms with Gasteiger partial charge in [-0.2, -0.15) is 8.78 Å². The van der Waals surface area contributed by atoms with Gasteiger partial charge in [-0.15, -0.1) is 0 Å². The van der Waals surface area contributed by atoms with Gasteiger partial charge in [0.1, 0.15) is 18.1 Å². The van der Waals surface area contributed by atoms with Crippen molar-refractivity contribution in [2.75, 3.05) is 7.11 Å². The second-order valence-electron chi connectivity index (χ2n) is 4.51. The summed E-state index contributed by atoms with van der Waals surface area (Å²) in [6.07, 6.45) is 2.52. The Bertz CT molecular complexity index is 600. The van der Waals surface area contributed by atoms with Crippen molar-refractivity contribution in [1.29, 1.82) is 0 Å². The minimum Gasteiger partial charge on any atom is -0.497 e. The Morgan fingerprint density at radius 3 is 2.76 bits per heavy atom. The van der Waals surface area contributed by atoms with Crippen LogP contribution in [0.5, 0.6) is 11.5 Å². The first-order chi connectivity index (χ1) is 10.0. The van der Waals surface area contributed by atoms with Gasteiger partial charge >= 0.3 is 6.55 Å². The van der Waals surface area contributed by atoms with Crippen LogP contribution in [0.2, 0.25) is 0 Å². The molecule has 0 fully saturated rings. The average Bonchev–Trinajstić information content (AvgIpc) is 2.93. The van der Waals surface area contributed by atoms with E-state index < -0.39 is 6.55 Å². The van der Waals surface area contributed by atoms with Gasteiger partial charge in [-0.05, 0) is 13.0 Å². The first-order valence-electron chi connectivity index (χ1n) is 6.39. The number of ether oxygens (including phenoxy) is 2. The van der Waals surface area contributed by atoms with E-state index in [0.717, 1.165) is 10.1 Å². The molecule has 0 bridgehead atoms. The molecule has 2 aromatic rings. The fourth-order valence-corrected chi connectivity index (χ4v) is 1.92. The van der Waals surface area contributed by atoms with Crippen LogP contribution in [0.3, 0.4) is 0 Å². The van der Waals surface area contributed by atoms with Crippen molar-refractivity contribution in [2.45, 2.75) is 26.1 Å². The highest BCUT2D eigenvalue weighted by atomic mass is 19.3. The number of nitrogens with zero attached hydrogens (tertiary/aromatic N) is 2. The van der Waals surface area contributed by atoms with Gasteiger partial charge in [0.15, 0.2) is 5.82 Å². The molecule has 2 N–H and O–H groups in total. The Morgan fingerprint density at radius 1 is 1.38 bits per heavy atom. The van der Waals surface area contributed by atoms with Crippen molar-refractivity contribution >= 4 is 0 Å². The highest BCUT2D eigenvalue weighted by Crippen LogP contribution is 2.29. The molecule has 0 saturated carbocycles. The lowest BCUT2D eigenvalue weighted by molar-refractivity contribution is 0.0632. The molecule has 1 heterocycles. The van der Waals surface area contributed by atoms with Crippen molar-refractivity contribution < 1.29 is 18.3 Å². The first-order valence-corrected chi connectivity index (χ1v) is 6.39. The molecule has 0 aliphatic heterocycles. The number of hydrogen-bond donors (Lipinski definition) is 1. The lowest BCUT2D eigenvalue weighted by Gasteiger charge is -2.15. The smallest absolute Gasteiger partial charge is 0.320 e. The molecular formula is C14H17F2N3O2. The zero-order valence-corrected chi connectivity index (χ0v) is 11.8. The lowest BCUT2D eigenvalue weighted by Crippen LogP contribution is -2.11. The van der Waals surface area contributed by atoms with Crippen LogP contribution in [-0.2, 0) is 6.61 Å². The maximum absolute atomic E-state index is 12.7. The fraction of sp³-hybridized carbons (Fsp3) is 0.357. The molecule has 0 unspecified atom stereocenters. The number of halogens is 2. The van der Waals surface area contributed by atoms with Crippen LogP contribution in [0.1, 0.15) is 30.9 Å². The highest BCUT2D eigenvalue weighted by Gasteiger charge is 2.14. The van der Waals surface area contributed by atoms with E-state index in [1.807, 2.05) is 6.92 Å². The summed E-state index contributed by atoms with van der Waals surface area (Å²) >= 11 is 0. The van der Waals surface area contributed by atoms with E-state index in [0.29, 0.717) is 11.5 Å².